The van der Waals surface area contributed by atoms with E-state index in [9.17, 15) is 4.79 Å². The minimum atomic E-state index is -0.258. The molecule has 0 radical (unpaired) electrons. The molecule has 144 valence electrons. The van der Waals surface area contributed by atoms with Gasteiger partial charge in [-0.25, -0.2) is 9.78 Å². The first-order valence-corrected chi connectivity index (χ1v) is 9.75. The number of aryl methyl sites for hydroxylation is 2. The fraction of sp³-hybridized carbons (Fsp3) is 0.500. The summed E-state index contributed by atoms with van der Waals surface area (Å²) >= 11 is 1.56. The van der Waals surface area contributed by atoms with Gasteiger partial charge in [0, 0.05) is 11.6 Å². The van der Waals surface area contributed by atoms with Crippen molar-refractivity contribution in [2.75, 3.05) is 13.2 Å². The average molecular weight is 390 g/mol. The lowest BCUT2D eigenvalue weighted by molar-refractivity contribution is 0.0299. The summed E-state index contributed by atoms with van der Waals surface area (Å²) in [5.74, 6) is 0.725. The third-order valence-corrected chi connectivity index (χ3v) is 5.48. The molecule has 4 atom stereocenters. The minimum Gasteiger partial charge on any atom is -0.483 e. The smallest absolute Gasteiger partial charge is 0.315 e. The topological polar surface area (TPSA) is 94.6 Å². The van der Waals surface area contributed by atoms with Crippen LogP contribution in [0.1, 0.15) is 16.4 Å². The predicted molar refractivity (Wildman–Crippen MR) is 98.9 cm³/mol. The number of rotatable bonds is 5. The molecule has 2 aliphatic rings. The molecule has 2 fully saturated rings. The molecular formula is C18H22N4O4S. The van der Waals surface area contributed by atoms with Gasteiger partial charge in [-0.15, -0.1) is 11.3 Å². The van der Waals surface area contributed by atoms with Crippen LogP contribution in [0.15, 0.2) is 23.7 Å². The number of pyridine rings is 1. The zero-order valence-corrected chi connectivity index (χ0v) is 16.0. The van der Waals surface area contributed by atoms with Crippen LogP contribution in [0.4, 0.5) is 4.79 Å². The molecule has 2 N–H and O–H groups in total. The van der Waals surface area contributed by atoms with Crippen molar-refractivity contribution >= 4 is 17.4 Å². The molecule has 0 aromatic carbocycles. The fourth-order valence-electron chi connectivity index (χ4n) is 3.33. The van der Waals surface area contributed by atoms with Gasteiger partial charge in [-0.1, -0.05) is 0 Å². The second kappa shape index (κ2) is 7.79. The van der Waals surface area contributed by atoms with Crippen molar-refractivity contribution in [1.82, 2.24) is 20.6 Å². The molecule has 2 saturated heterocycles. The Kier molecular flexibility index (Phi) is 5.24. The van der Waals surface area contributed by atoms with E-state index in [2.05, 4.69) is 20.6 Å². The van der Waals surface area contributed by atoms with E-state index >= 15 is 0 Å². The number of aromatic nitrogens is 2. The van der Waals surface area contributed by atoms with Crippen molar-refractivity contribution in [3.63, 3.8) is 0 Å². The summed E-state index contributed by atoms with van der Waals surface area (Å²) in [7, 11) is 0. The van der Waals surface area contributed by atoms with Gasteiger partial charge in [0.25, 0.3) is 0 Å². The number of carbonyl (C=O) groups excluding carboxylic acids is 1. The van der Waals surface area contributed by atoms with E-state index in [4.69, 9.17) is 14.2 Å². The van der Waals surface area contributed by atoms with Crippen LogP contribution in [0.3, 0.4) is 0 Å². The van der Waals surface area contributed by atoms with Crippen LogP contribution in [0.2, 0.25) is 0 Å². The van der Waals surface area contributed by atoms with Crippen LogP contribution in [0, 0.1) is 13.8 Å². The van der Waals surface area contributed by atoms with Crippen molar-refractivity contribution in [2.45, 2.75) is 44.7 Å². The van der Waals surface area contributed by atoms with Crippen LogP contribution in [0.25, 0.3) is 0 Å². The van der Waals surface area contributed by atoms with Gasteiger partial charge >= 0.3 is 6.03 Å². The van der Waals surface area contributed by atoms with E-state index < -0.39 is 0 Å². The number of carbonyl (C=O) groups is 1. The Morgan fingerprint density at radius 1 is 1.33 bits per heavy atom. The van der Waals surface area contributed by atoms with Crippen LogP contribution < -0.4 is 15.4 Å². The SMILES string of the molecule is Cc1nc(CNC(=O)N[C@H]2CO[C@H]3[C@@H]2OC[C@@H]3Oc2cccnc2C)cs1. The standard InChI is InChI=1S/C18H22N4O4S/c1-10-14(4-3-5-19-10)26-15-8-25-16-13(7-24-17(15)16)22-18(23)20-6-12-9-27-11(2)21-12/h3-5,9,13,15-17H,6-8H2,1-2H3,(H2,20,22,23)/t13-,15-,16+,17+/m0/s1. The van der Waals surface area contributed by atoms with Crippen LogP contribution in [0.5, 0.6) is 5.75 Å². The summed E-state index contributed by atoms with van der Waals surface area (Å²) in [6.45, 7) is 5.04. The molecule has 0 saturated carbocycles. The van der Waals surface area contributed by atoms with Crippen molar-refractivity contribution < 1.29 is 19.0 Å². The summed E-state index contributed by atoms with van der Waals surface area (Å²) in [4.78, 5) is 20.7. The Bertz CT molecular complexity index is 814. The zero-order chi connectivity index (χ0) is 18.8. The van der Waals surface area contributed by atoms with Crippen LogP contribution in [-0.4, -0.2) is 53.6 Å². The molecule has 2 aromatic rings. The van der Waals surface area contributed by atoms with Crippen molar-refractivity contribution in [3.05, 3.63) is 40.1 Å². The third-order valence-electron chi connectivity index (χ3n) is 4.66. The molecule has 0 spiro atoms. The van der Waals surface area contributed by atoms with E-state index in [1.54, 1.807) is 17.5 Å². The van der Waals surface area contributed by atoms with Gasteiger partial charge in [0.05, 0.1) is 42.2 Å². The lowest BCUT2D eigenvalue weighted by Crippen LogP contribution is -2.48. The lowest BCUT2D eigenvalue weighted by atomic mass is 10.1. The summed E-state index contributed by atoms with van der Waals surface area (Å²) in [6.07, 6.45) is 1.08. The summed E-state index contributed by atoms with van der Waals surface area (Å²) in [5.41, 5.74) is 1.68. The molecule has 0 bridgehead atoms. The Morgan fingerprint density at radius 2 is 2.19 bits per heavy atom. The number of nitrogens with zero attached hydrogens (tertiary/aromatic N) is 2. The first-order valence-electron chi connectivity index (χ1n) is 8.87. The molecule has 2 amide bonds. The van der Waals surface area contributed by atoms with Gasteiger partial charge in [-0.3, -0.25) is 4.98 Å². The van der Waals surface area contributed by atoms with Crippen LogP contribution in [-0.2, 0) is 16.0 Å². The predicted octanol–water partition coefficient (Wildman–Crippen LogP) is 1.57. The number of ether oxygens (including phenoxy) is 3. The molecule has 0 unspecified atom stereocenters. The highest BCUT2D eigenvalue weighted by Crippen LogP contribution is 2.30. The van der Waals surface area contributed by atoms with E-state index in [1.807, 2.05) is 31.4 Å². The van der Waals surface area contributed by atoms with Crippen molar-refractivity contribution in [3.8, 4) is 5.75 Å². The maximum absolute atomic E-state index is 12.2. The monoisotopic (exact) mass is 390 g/mol. The number of hydrogen-bond acceptors (Lipinski definition) is 7. The second-order valence-electron chi connectivity index (χ2n) is 6.63. The number of thiazole rings is 1. The highest BCUT2D eigenvalue weighted by Gasteiger charge is 2.49. The molecule has 2 aliphatic heterocycles. The summed E-state index contributed by atoms with van der Waals surface area (Å²) in [6, 6.07) is 3.25. The van der Waals surface area contributed by atoms with Gasteiger partial charge in [0.1, 0.15) is 18.0 Å². The Hall–Kier alpha value is -2.23. The number of urea groups is 1. The first-order chi connectivity index (χ1) is 13.1. The lowest BCUT2D eigenvalue weighted by Gasteiger charge is -2.19. The second-order valence-corrected chi connectivity index (χ2v) is 7.69. The van der Waals surface area contributed by atoms with Crippen molar-refractivity contribution in [1.29, 1.82) is 0 Å². The maximum Gasteiger partial charge on any atom is 0.315 e. The Labute approximate surface area is 161 Å². The highest BCUT2D eigenvalue weighted by atomic mass is 32.1. The molecule has 4 rings (SSSR count). The molecule has 2 aromatic heterocycles. The highest BCUT2D eigenvalue weighted by molar-refractivity contribution is 7.09. The van der Waals surface area contributed by atoms with E-state index in [-0.39, 0.29) is 30.4 Å². The maximum atomic E-state index is 12.2. The molecule has 4 heterocycles. The largest absolute Gasteiger partial charge is 0.483 e. The summed E-state index contributed by atoms with van der Waals surface area (Å²) < 4.78 is 17.7. The number of hydrogen-bond donors (Lipinski definition) is 2. The van der Waals surface area contributed by atoms with Gasteiger partial charge in [-0.2, -0.15) is 0 Å². The molecule has 8 nitrogen and oxygen atoms in total. The molecular weight excluding hydrogens is 368 g/mol. The fourth-order valence-corrected chi connectivity index (χ4v) is 3.94. The quantitative estimate of drug-likeness (QED) is 0.805. The van der Waals surface area contributed by atoms with Gasteiger partial charge in [0.15, 0.2) is 6.10 Å². The number of amides is 2. The summed E-state index contributed by atoms with van der Waals surface area (Å²) in [5, 5.41) is 8.67. The van der Waals surface area contributed by atoms with Gasteiger partial charge in [0.2, 0.25) is 0 Å². The number of fused-ring (bicyclic) bond motifs is 1. The van der Waals surface area contributed by atoms with Gasteiger partial charge in [-0.05, 0) is 26.0 Å². The normalized spacial score (nSPS) is 26.6. The van der Waals surface area contributed by atoms with E-state index in [0.29, 0.717) is 19.8 Å². The van der Waals surface area contributed by atoms with Gasteiger partial charge < -0.3 is 24.8 Å². The first kappa shape index (κ1) is 18.1. The van der Waals surface area contributed by atoms with E-state index in [1.165, 1.54) is 0 Å². The molecule has 0 aliphatic carbocycles. The van der Waals surface area contributed by atoms with Crippen LogP contribution >= 0.6 is 11.3 Å². The zero-order valence-electron chi connectivity index (χ0n) is 15.2. The Morgan fingerprint density at radius 3 is 2.96 bits per heavy atom. The molecule has 9 heteroatoms. The third kappa shape index (κ3) is 4.05. The average Bonchev–Trinajstić information content (AvgIpc) is 3.34. The minimum absolute atomic E-state index is 0.212. The molecule has 27 heavy (non-hydrogen) atoms. The Balaban J connectivity index is 1.29. The number of nitrogens with one attached hydrogen (secondary N) is 2. The van der Waals surface area contributed by atoms with E-state index in [0.717, 1.165) is 22.1 Å². The van der Waals surface area contributed by atoms with Crippen molar-refractivity contribution in [2.24, 2.45) is 0 Å².